The average molecular weight is 213 g/mol. The maximum Gasteiger partial charge on any atom is 0.00388 e. The second-order valence-electron chi connectivity index (χ2n) is 5.38. The average Bonchev–Trinajstić information content (AvgIpc) is 2.20. The molecule has 2 unspecified atom stereocenters. The maximum absolute atomic E-state index is 3.64. The SMILES string of the molecule is CCCCCCC(C)NCC(C)C(C)C. The fourth-order valence-corrected chi connectivity index (χ4v) is 1.60. The highest BCUT2D eigenvalue weighted by Crippen LogP contribution is 2.09. The van der Waals surface area contributed by atoms with Crippen molar-refractivity contribution < 1.29 is 0 Å². The van der Waals surface area contributed by atoms with Crippen molar-refractivity contribution in [2.24, 2.45) is 11.8 Å². The number of unbranched alkanes of at least 4 members (excludes halogenated alkanes) is 3. The highest BCUT2D eigenvalue weighted by atomic mass is 14.9. The molecule has 0 aliphatic heterocycles. The van der Waals surface area contributed by atoms with Gasteiger partial charge in [-0.25, -0.2) is 0 Å². The predicted octanol–water partition coefficient (Wildman–Crippen LogP) is 4.23. The van der Waals surface area contributed by atoms with Gasteiger partial charge in [-0.1, -0.05) is 53.4 Å². The highest BCUT2D eigenvalue weighted by molar-refractivity contribution is 4.65. The third-order valence-corrected chi connectivity index (χ3v) is 3.42. The molecule has 0 heterocycles. The van der Waals surface area contributed by atoms with Gasteiger partial charge in [-0.3, -0.25) is 0 Å². The molecule has 92 valence electrons. The summed E-state index contributed by atoms with van der Waals surface area (Å²) in [6, 6.07) is 0.697. The maximum atomic E-state index is 3.64. The lowest BCUT2D eigenvalue weighted by atomic mass is 9.97. The Balaban J connectivity index is 3.36. The van der Waals surface area contributed by atoms with Crippen molar-refractivity contribution in [1.82, 2.24) is 5.32 Å². The molecule has 0 radical (unpaired) electrons. The second-order valence-corrected chi connectivity index (χ2v) is 5.38. The van der Waals surface area contributed by atoms with Crippen LogP contribution in [0.4, 0.5) is 0 Å². The normalized spacial score (nSPS) is 15.6. The van der Waals surface area contributed by atoms with Gasteiger partial charge in [0, 0.05) is 6.04 Å². The van der Waals surface area contributed by atoms with Crippen molar-refractivity contribution >= 4 is 0 Å². The monoisotopic (exact) mass is 213 g/mol. The van der Waals surface area contributed by atoms with E-state index in [0.717, 1.165) is 11.8 Å². The third kappa shape index (κ3) is 8.92. The van der Waals surface area contributed by atoms with Gasteiger partial charge in [0.15, 0.2) is 0 Å². The van der Waals surface area contributed by atoms with Gasteiger partial charge in [0.1, 0.15) is 0 Å². The van der Waals surface area contributed by atoms with Crippen molar-refractivity contribution in [1.29, 1.82) is 0 Å². The molecule has 0 rings (SSSR count). The molecular weight excluding hydrogens is 182 g/mol. The van der Waals surface area contributed by atoms with Gasteiger partial charge in [-0.05, 0) is 31.7 Å². The molecule has 0 saturated heterocycles. The van der Waals surface area contributed by atoms with Crippen LogP contribution in [0.3, 0.4) is 0 Å². The van der Waals surface area contributed by atoms with E-state index in [9.17, 15) is 0 Å². The summed E-state index contributed by atoms with van der Waals surface area (Å²) in [4.78, 5) is 0. The Bertz CT molecular complexity index is 131. The molecule has 0 bridgehead atoms. The van der Waals surface area contributed by atoms with Crippen molar-refractivity contribution in [2.75, 3.05) is 6.54 Å². The molecule has 0 spiro atoms. The fourth-order valence-electron chi connectivity index (χ4n) is 1.60. The summed E-state index contributed by atoms with van der Waals surface area (Å²) in [5, 5.41) is 3.64. The van der Waals surface area contributed by atoms with Gasteiger partial charge in [-0.15, -0.1) is 0 Å². The summed E-state index contributed by atoms with van der Waals surface area (Å²) < 4.78 is 0. The van der Waals surface area contributed by atoms with Crippen LogP contribution in [0.2, 0.25) is 0 Å². The third-order valence-electron chi connectivity index (χ3n) is 3.42. The van der Waals surface area contributed by atoms with Crippen LogP contribution in [-0.2, 0) is 0 Å². The van der Waals surface area contributed by atoms with Crippen LogP contribution >= 0.6 is 0 Å². The Morgan fingerprint density at radius 1 is 0.933 bits per heavy atom. The summed E-state index contributed by atoms with van der Waals surface area (Å²) in [6.07, 6.45) is 6.87. The molecule has 1 N–H and O–H groups in total. The molecule has 0 aliphatic carbocycles. The van der Waals surface area contributed by atoms with Gasteiger partial charge in [0.05, 0.1) is 0 Å². The summed E-state index contributed by atoms with van der Waals surface area (Å²) in [5.41, 5.74) is 0. The first-order valence-electron chi connectivity index (χ1n) is 6.81. The van der Waals surface area contributed by atoms with Gasteiger partial charge in [0.2, 0.25) is 0 Å². The molecule has 0 aromatic rings. The molecule has 0 amide bonds. The van der Waals surface area contributed by atoms with Crippen molar-refractivity contribution in [3.63, 3.8) is 0 Å². The van der Waals surface area contributed by atoms with E-state index >= 15 is 0 Å². The smallest absolute Gasteiger partial charge is 0.00388 e. The first-order valence-corrected chi connectivity index (χ1v) is 6.81. The molecule has 1 heteroatoms. The summed E-state index contributed by atoms with van der Waals surface area (Å²) in [6.45, 7) is 12.7. The Morgan fingerprint density at radius 3 is 2.13 bits per heavy atom. The van der Waals surface area contributed by atoms with Crippen LogP contribution in [0.25, 0.3) is 0 Å². The van der Waals surface area contributed by atoms with Gasteiger partial charge >= 0.3 is 0 Å². The standard InChI is InChI=1S/C14H31N/c1-6-7-8-9-10-14(5)15-11-13(4)12(2)3/h12-15H,6-11H2,1-5H3. The zero-order chi connectivity index (χ0) is 11.7. The largest absolute Gasteiger partial charge is 0.314 e. The van der Waals surface area contributed by atoms with E-state index in [0.29, 0.717) is 6.04 Å². The molecule has 0 aromatic heterocycles. The van der Waals surface area contributed by atoms with E-state index in [2.05, 4.69) is 39.9 Å². The van der Waals surface area contributed by atoms with E-state index in [-0.39, 0.29) is 0 Å². The van der Waals surface area contributed by atoms with E-state index in [1.807, 2.05) is 0 Å². The molecule has 15 heavy (non-hydrogen) atoms. The molecule has 1 nitrogen and oxygen atoms in total. The Morgan fingerprint density at radius 2 is 1.60 bits per heavy atom. The van der Waals surface area contributed by atoms with Crippen LogP contribution in [0.15, 0.2) is 0 Å². The summed E-state index contributed by atoms with van der Waals surface area (Å²) >= 11 is 0. The first kappa shape index (κ1) is 15.0. The van der Waals surface area contributed by atoms with Crippen LogP contribution in [-0.4, -0.2) is 12.6 Å². The Hall–Kier alpha value is -0.0400. The lowest BCUT2D eigenvalue weighted by molar-refractivity contribution is 0.363. The topological polar surface area (TPSA) is 12.0 Å². The molecule has 0 aliphatic rings. The van der Waals surface area contributed by atoms with E-state index in [1.165, 1.54) is 38.6 Å². The van der Waals surface area contributed by atoms with Crippen LogP contribution < -0.4 is 5.32 Å². The van der Waals surface area contributed by atoms with Gasteiger partial charge in [0.25, 0.3) is 0 Å². The summed E-state index contributed by atoms with van der Waals surface area (Å²) in [7, 11) is 0. The summed E-state index contributed by atoms with van der Waals surface area (Å²) in [5.74, 6) is 1.59. The van der Waals surface area contributed by atoms with E-state index < -0.39 is 0 Å². The quantitative estimate of drug-likeness (QED) is 0.565. The van der Waals surface area contributed by atoms with Crippen LogP contribution in [0, 0.1) is 11.8 Å². The van der Waals surface area contributed by atoms with Gasteiger partial charge < -0.3 is 5.32 Å². The van der Waals surface area contributed by atoms with Crippen molar-refractivity contribution in [3.8, 4) is 0 Å². The zero-order valence-corrected chi connectivity index (χ0v) is 11.5. The van der Waals surface area contributed by atoms with E-state index in [4.69, 9.17) is 0 Å². The zero-order valence-electron chi connectivity index (χ0n) is 11.5. The minimum atomic E-state index is 0.697. The molecule has 2 atom stereocenters. The fraction of sp³-hybridized carbons (Fsp3) is 1.00. The minimum absolute atomic E-state index is 0.697. The molecule has 0 saturated carbocycles. The number of rotatable bonds is 9. The second kappa shape index (κ2) is 9.21. The number of nitrogens with one attached hydrogen (secondary N) is 1. The minimum Gasteiger partial charge on any atom is -0.314 e. The molecule has 0 aromatic carbocycles. The predicted molar refractivity (Wildman–Crippen MR) is 70.2 cm³/mol. The lowest BCUT2D eigenvalue weighted by Crippen LogP contribution is -2.31. The number of hydrogen-bond acceptors (Lipinski definition) is 1. The Labute approximate surface area is 97.0 Å². The van der Waals surface area contributed by atoms with Crippen molar-refractivity contribution in [2.45, 2.75) is 72.8 Å². The van der Waals surface area contributed by atoms with Crippen LogP contribution in [0.5, 0.6) is 0 Å². The van der Waals surface area contributed by atoms with Crippen LogP contribution in [0.1, 0.15) is 66.7 Å². The molecule has 0 fully saturated rings. The van der Waals surface area contributed by atoms with Gasteiger partial charge in [-0.2, -0.15) is 0 Å². The first-order chi connectivity index (χ1) is 7.07. The van der Waals surface area contributed by atoms with Crippen molar-refractivity contribution in [3.05, 3.63) is 0 Å². The lowest BCUT2D eigenvalue weighted by Gasteiger charge is -2.20. The molecular formula is C14H31N. The Kier molecular flexibility index (Phi) is 9.18. The number of hydrogen-bond donors (Lipinski definition) is 1. The highest BCUT2D eigenvalue weighted by Gasteiger charge is 2.08. The van der Waals surface area contributed by atoms with E-state index in [1.54, 1.807) is 0 Å².